The maximum absolute atomic E-state index is 14.0. The number of amides is 3. The van der Waals surface area contributed by atoms with Crippen molar-refractivity contribution < 1.29 is 19.2 Å². The lowest BCUT2D eigenvalue weighted by Gasteiger charge is -2.32. The third-order valence-electron chi connectivity index (χ3n) is 8.24. The molecule has 1 unspecified atom stereocenters. The van der Waals surface area contributed by atoms with E-state index in [0.717, 1.165) is 30.4 Å². The first-order valence-corrected chi connectivity index (χ1v) is 17.0. The average molecular weight is 608 g/mol. The van der Waals surface area contributed by atoms with Gasteiger partial charge in [-0.1, -0.05) is 157 Å². The minimum Gasteiger partial charge on any atom is -0.370 e. The maximum atomic E-state index is 14.0. The van der Waals surface area contributed by atoms with E-state index in [0.29, 0.717) is 6.42 Å². The molecule has 0 saturated heterocycles. The summed E-state index contributed by atoms with van der Waals surface area (Å²) in [7, 11) is 1.55. The van der Waals surface area contributed by atoms with Gasteiger partial charge < -0.3 is 11.1 Å². The molecule has 0 aliphatic rings. The van der Waals surface area contributed by atoms with Crippen LogP contribution in [0.1, 0.15) is 121 Å². The number of rotatable bonds is 25. The van der Waals surface area contributed by atoms with Crippen LogP contribution in [-0.2, 0) is 32.2 Å². The van der Waals surface area contributed by atoms with Gasteiger partial charge in [-0.05, 0) is 17.5 Å². The number of unbranched alkanes of at least 4 members (excludes halogenated alkanes) is 13. The predicted molar refractivity (Wildman–Crippen MR) is 178 cm³/mol. The minimum atomic E-state index is -0.898. The van der Waals surface area contributed by atoms with Crippen LogP contribution in [0.3, 0.4) is 0 Å². The second kappa shape index (κ2) is 23.2. The van der Waals surface area contributed by atoms with E-state index in [1.807, 2.05) is 60.7 Å². The molecule has 2 rings (SSSR count). The highest BCUT2D eigenvalue weighted by Gasteiger charge is 2.35. The molecule has 2 atom stereocenters. The molecule has 7 nitrogen and oxygen atoms in total. The van der Waals surface area contributed by atoms with Gasteiger partial charge in [0.05, 0.1) is 0 Å². The molecule has 2 aromatic carbocycles. The lowest BCUT2D eigenvalue weighted by molar-refractivity contribution is -0.211. The summed E-state index contributed by atoms with van der Waals surface area (Å²) in [4.78, 5) is 45.3. The van der Waals surface area contributed by atoms with Gasteiger partial charge in [0.2, 0.25) is 11.8 Å². The number of hydrogen-bond acceptors (Lipinski definition) is 4. The fourth-order valence-electron chi connectivity index (χ4n) is 5.63. The number of hydrogen-bond donors (Lipinski definition) is 2. The Hall–Kier alpha value is -3.19. The number of carbonyl (C=O) groups is 3. The first kappa shape index (κ1) is 37.0. The standard InChI is InChI=1S/C37H57N3O4/c1-3-4-5-6-7-8-9-10-11-12-13-14-15-22-27-33(29-35(38)41)37(43)40(44-30-32-25-20-17-21-26-32)34(36(42)39-2)28-31-23-18-16-19-24-31/h16-21,23-26,33-34H,3-15,22,27-30H2,1-2H3,(H2,38,41)(H,39,42)/t33-,34?/m1/s1. The van der Waals surface area contributed by atoms with E-state index in [2.05, 4.69) is 12.2 Å². The Morgan fingerprint density at radius 2 is 1.20 bits per heavy atom. The maximum Gasteiger partial charge on any atom is 0.250 e. The SMILES string of the molecule is CCCCCCCCCCCCCCCC[C@H](CC(N)=O)C(=O)N(OCc1ccccc1)C(Cc1ccccc1)C(=O)NC. The molecule has 0 bridgehead atoms. The van der Waals surface area contributed by atoms with Crippen LogP contribution in [0.5, 0.6) is 0 Å². The van der Waals surface area contributed by atoms with Gasteiger partial charge >= 0.3 is 0 Å². The van der Waals surface area contributed by atoms with Crippen molar-refractivity contribution in [2.24, 2.45) is 11.7 Å². The number of nitrogens with one attached hydrogen (secondary N) is 1. The first-order valence-electron chi connectivity index (χ1n) is 17.0. The van der Waals surface area contributed by atoms with E-state index >= 15 is 0 Å². The van der Waals surface area contributed by atoms with E-state index in [1.165, 1.54) is 75.7 Å². The molecular formula is C37H57N3O4. The van der Waals surface area contributed by atoms with Crippen LogP contribution in [0.15, 0.2) is 60.7 Å². The summed E-state index contributed by atoms with van der Waals surface area (Å²) in [6.45, 7) is 2.38. The Balaban J connectivity index is 1.95. The number of nitrogens with zero attached hydrogens (tertiary/aromatic N) is 1. The number of nitrogens with two attached hydrogens (primary N) is 1. The molecule has 7 heteroatoms. The summed E-state index contributed by atoms with van der Waals surface area (Å²) in [5.74, 6) is -1.89. The molecule has 0 radical (unpaired) electrons. The summed E-state index contributed by atoms with van der Waals surface area (Å²) in [6.07, 6.45) is 18.2. The van der Waals surface area contributed by atoms with Gasteiger partial charge in [-0.3, -0.25) is 19.2 Å². The Labute approximate surface area is 266 Å². The summed E-state index contributed by atoms with van der Waals surface area (Å²) >= 11 is 0. The summed E-state index contributed by atoms with van der Waals surface area (Å²) in [5.41, 5.74) is 7.38. The normalized spacial score (nSPS) is 12.4. The molecule has 2 aromatic rings. The van der Waals surface area contributed by atoms with E-state index in [4.69, 9.17) is 10.6 Å². The van der Waals surface area contributed by atoms with Crippen LogP contribution in [0.2, 0.25) is 0 Å². The van der Waals surface area contributed by atoms with Crippen LogP contribution in [0, 0.1) is 5.92 Å². The number of hydroxylamine groups is 2. The van der Waals surface area contributed by atoms with E-state index in [9.17, 15) is 14.4 Å². The number of primary amides is 1. The summed E-state index contributed by atoms with van der Waals surface area (Å²) < 4.78 is 0. The summed E-state index contributed by atoms with van der Waals surface area (Å²) in [5, 5.41) is 3.90. The quantitative estimate of drug-likeness (QED) is 0.0893. The van der Waals surface area contributed by atoms with Crippen molar-refractivity contribution in [2.45, 2.75) is 129 Å². The van der Waals surface area contributed by atoms with Crippen molar-refractivity contribution in [3.63, 3.8) is 0 Å². The van der Waals surface area contributed by atoms with Crippen molar-refractivity contribution in [3.8, 4) is 0 Å². The lowest BCUT2D eigenvalue weighted by Crippen LogP contribution is -2.52. The number of carbonyl (C=O) groups excluding carboxylic acids is 3. The largest absolute Gasteiger partial charge is 0.370 e. The van der Waals surface area contributed by atoms with Gasteiger partial charge in [0, 0.05) is 25.8 Å². The number of likely N-dealkylation sites (N-methyl/N-ethyl adjacent to an activating group) is 1. The smallest absolute Gasteiger partial charge is 0.250 e. The third kappa shape index (κ3) is 15.5. The van der Waals surface area contributed by atoms with Crippen molar-refractivity contribution in [2.75, 3.05) is 7.05 Å². The Morgan fingerprint density at radius 3 is 1.68 bits per heavy atom. The third-order valence-corrected chi connectivity index (χ3v) is 8.24. The second-order valence-corrected chi connectivity index (χ2v) is 12.0. The van der Waals surface area contributed by atoms with Crippen LogP contribution in [-0.4, -0.2) is 35.9 Å². The fraction of sp³-hybridized carbons (Fsp3) is 0.595. The molecule has 0 heterocycles. The lowest BCUT2D eigenvalue weighted by atomic mass is 9.94. The monoisotopic (exact) mass is 607 g/mol. The van der Waals surface area contributed by atoms with Gasteiger partial charge in [0.1, 0.15) is 12.6 Å². The van der Waals surface area contributed by atoms with Crippen molar-refractivity contribution in [1.82, 2.24) is 10.4 Å². The highest BCUT2D eigenvalue weighted by Crippen LogP contribution is 2.23. The van der Waals surface area contributed by atoms with Crippen LogP contribution in [0.25, 0.3) is 0 Å². The molecule has 244 valence electrons. The Morgan fingerprint density at radius 1 is 0.727 bits per heavy atom. The zero-order chi connectivity index (χ0) is 31.8. The van der Waals surface area contributed by atoms with Crippen molar-refractivity contribution in [3.05, 3.63) is 71.8 Å². The fourth-order valence-corrected chi connectivity index (χ4v) is 5.63. The molecule has 0 spiro atoms. The number of benzene rings is 2. The average Bonchev–Trinajstić information content (AvgIpc) is 3.04. The molecule has 0 aromatic heterocycles. The zero-order valence-corrected chi connectivity index (χ0v) is 27.3. The molecule has 0 aliphatic heterocycles. The Bertz CT molecular complexity index is 1050. The van der Waals surface area contributed by atoms with E-state index in [-0.39, 0.29) is 31.3 Å². The topological polar surface area (TPSA) is 102 Å². The zero-order valence-electron chi connectivity index (χ0n) is 27.3. The van der Waals surface area contributed by atoms with Crippen molar-refractivity contribution in [1.29, 1.82) is 0 Å². The minimum absolute atomic E-state index is 0.0751. The van der Waals surface area contributed by atoms with Gasteiger partial charge in [-0.2, -0.15) is 0 Å². The van der Waals surface area contributed by atoms with Crippen LogP contribution in [0.4, 0.5) is 0 Å². The predicted octanol–water partition coefficient (Wildman–Crippen LogP) is 7.67. The van der Waals surface area contributed by atoms with Crippen LogP contribution < -0.4 is 11.1 Å². The molecule has 0 aliphatic carbocycles. The van der Waals surface area contributed by atoms with Gasteiger partial charge in [0.25, 0.3) is 5.91 Å². The Kier molecular flexibility index (Phi) is 19.5. The molecule has 3 N–H and O–H groups in total. The second-order valence-electron chi connectivity index (χ2n) is 12.0. The van der Waals surface area contributed by atoms with Gasteiger partial charge in [-0.25, -0.2) is 5.06 Å². The highest BCUT2D eigenvalue weighted by atomic mass is 16.7. The molecule has 44 heavy (non-hydrogen) atoms. The van der Waals surface area contributed by atoms with Crippen molar-refractivity contribution >= 4 is 17.7 Å². The first-order chi connectivity index (χ1) is 21.5. The molecule has 3 amide bonds. The molecule has 0 saturated carbocycles. The van der Waals surface area contributed by atoms with Gasteiger partial charge in [0.15, 0.2) is 0 Å². The summed E-state index contributed by atoms with van der Waals surface area (Å²) in [6, 6.07) is 18.2. The highest BCUT2D eigenvalue weighted by molar-refractivity contribution is 5.90. The van der Waals surface area contributed by atoms with Crippen LogP contribution >= 0.6 is 0 Å². The van der Waals surface area contributed by atoms with E-state index < -0.39 is 17.9 Å². The van der Waals surface area contributed by atoms with Gasteiger partial charge in [-0.15, -0.1) is 0 Å². The molecular weight excluding hydrogens is 550 g/mol. The van der Waals surface area contributed by atoms with E-state index in [1.54, 1.807) is 7.05 Å². The molecule has 0 fully saturated rings.